The first-order chi connectivity index (χ1) is 8.16. The van der Waals surface area contributed by atoms with E-state index in [4.69, 9.17) is 0 Å². The van der Waals surface area contributed by atoms with E-state index in [1.165, 1.54) is 6.07 Å². The Kier molecular flexibility index (Phi) is 2.29. The van der Waals surface area contributed by atoms with Gasteiger partial charge in [0, 0.05) is 18.0 Å². The van der Waals surface area contributed by atoms with Crippen molar-refractivity contribution in [2.24, 2.45) is 0 Å². The van der Waals surface area contributed by atoms with Gasteiger partial charge in [0.15, 0.2) is 5.75 Å². The van der Waals surface area contributed by atoms with Crippen molar-refractivity contribution in [2.45, 2.75) is 31.2 Å². The van der Waals surface area contributed by atoms with E-state index in [1.807, 2.05) is 0 Å². The van der Waals surface area contributed by atoms with Gasteiger partial charge in [-0.2, -0.15) is 0 Å². The predicted molar refractivity (Wildman–Crippen MR) is 62.2 cm³/mol. The summed E-state index contributed by atoms with van der Waals surface area (Å²) in [6.07, 6.45) is 3.06. The molecular formula is C12H14N2O3. The molecule has 0 amide bonds. The van der Waals surface area contributed by atoms with Crippen LogP contribution in [0.15, 0.2) is 12.1 Å². The number of hydrogen-bond donors (Lipinski definition) is 2. The SMILES string of the molecule is O=[N+]([O-])c1cc2c(cc1O)C1CCCN[C@H]1C2. The Balaban J connectivity index is 2.05. The molecule has 2 atom stereocenters. The lowest BCUT2D eigenvalue weighted by Crippen LogP contribution is -2.37. The van der Waals surface area contributed by atoms with Gasteiger partial charge in [0.25, 0.3) is 0 Å². The number of nitrogens with one attached hydrogen (secondary N) is 1. The Labute approximate surface area is 98.6 Å². The van der Waals surface area contributed by atoms with Crippen LogP contribution in [-0.2, 0) is 6.42 Å². The molecule has 0 radical (unpaired) electrons. The molecule has 5 heteroatoms. The normalized spacial score (nSPS) is 26.4. The summed E-state index contributed by atoms with van der Waals surface area (Å²) in [6, 6.07) is 3.51. The van der Waals surface area contributed by atoms with Crippen LogP contribution < -0.4 is 5.32 Å². The van der Waals surface area contributed by atoms with E-state index in [2.05, 4.69) is 5.32 Å². The molecule has 1 aromatic rings. The van der Waals surface area contributed by atoms with Gasteiger partial charge in [0.2, 0.25) is 0 Å². The monoisotopic (exact) mass is 234 g/mol. The molecule has 0 spiro atoms. The fourth-order valence-electron chi connectivity index (χ4n) is 3.08. The van der Waals surface area contributed by atoms with Crippen molar-refractivity contribution < 1.29 is 10.0 Å². The Morgan fingerprint density at radius 2 is 2.29 bits per heavy atom. The second-order valence-electron chi connectivity index (χ2n) is 4.81. The molecule has 0 aromatic heterocycles. The quantitative estimate of drug-likeness (QED) is 0.572. The summed E-state index contributed by atoms with van der Waals surface area (Å²) < 4.78 is 0. The lowest BCUT2D eigenvalue weighted by Gasteiger charge is -2.26. The van der Waals surface area contributed by atoms with Crippen LogP contribution in [0.5, 0.6) is 5.75 Å². The van der Waals surface area contributed by atoms with Crippen LogP contribution in [0.25, 0.3) is 0 Å². The summed E-state index contributed by atoms with van der Waals surface area (Å²) in [5, 5.41) is 23.9. The minimum absolute atomic E-state index is 0.178. The van der Waals surface area contributed by atoms with Crippen LogP contribution in [-0.4, -0.2) is 22.6 Å². The molecule has 5 nitrogen and oxygen atoms in total. The summed E-state index contributed by atoms with van der Waals surface area (Å²) in [5.74, 6) is 0.199. The lowest BCUT2D eigenvalue weighted by atomic mass is 9.90. The van der Waals surface area contributed by atoms with Crippen LogP contribution in [0.4, 0.5) is 5.69 Å². The number of rotatable bonds is 1. The maximum atomic E-state index is 10.8. The van der Waals surface area contributed by atoms with E-state index >= 15 is 0 Å². The van der Waals surface area contributed by atoms with Crippen molar-refractivity contribution in [1.29, 1.82) is 0 Å². The van der Waals surface area contributed by atoms with Crippen LogP contribution in [0.2, 0.25) is 0 Å². The van der Waals surface area contributed by atoms with Crippen molar-refractivity contribution in [2.75, 3.05) is 6.54 Å². The number of fused-ring (bicyclic) bond motifs is 3. The number of hydrogen-bond acceptors (Lipinski definition) is 4. The highest BCUT2D eigenvalue weighted by Gasteiger charge is 2.36. The number of benzene rings is 1. The molecule has 1 aliphatic carbocycles. The van der Waals surface area contributed by atoms with E-state index in [0.717, 1.165) is 36.9 Å². The lowest BCUT2D eigenvalue weighted by molar-refractivity contribution is -0.385. The average molecular weight is 234 g/mol. The number of aromatic hydroxyl groups is 1. The third kappa shape index (κ3) is 1.58. The van der Waals surface area contributed by atoms with Crippen LogP contribution in [0.3, 0.4) is 0 Å². The molecule has 1 saturated heterocycles. The molecule has 1 aliphatic heterocycles. The number of nitro groups is 1. The first kappa shape index (κ1) is 10.5. The standard InChI is InChI=1S/C12H14N2O3/c15-12-6-9-7(5-11(12)14(16)17)4-10-8(9)2-1-3-13-10/h5-6,8,10,13,15H,1-4H2/t8?,10-/m0/s1. The fourth-order valence-corrected chi connectivity index (χ4v) is 3.08. The summed E-state index contributed by atoms with van der Waals surface area (Å²) in [5.41, 5.74) is 1.92. The minimum atomic E-state index is -0.523. The van der Waals surface area contributed by atoms with Crippen LogP contribution in [0.1, 0.15) is 29.9 Å². The first-order valence-electron chi connectivity index (χ1n) is 5.90. The smallest absolute Gasteiger partial charge is 0.310 e. The molecule has 1 fully saturated rings. The Hall–Kier alpha value is -1.62. The molecule has 0 saturated carbocycles. The van der Waals surface area contributed by atoms with E-state index in [1.54, 1.807) is 6.07 Å². The Morgan fingerprint density at radius 3 is 3.06 bits per heavy atom. The predicted octanol–water partition coefficient (Wildman–Crippen LogP) is 1.69. The maximum absolute atomic E-state index is 10.8. The van der Waals surface area contributed by atoms with Gasteiger partial charge in [-0.1, -0.05) is 0 Å². The highest BCUT2D eigenvalue weighted by molar-refractivity contribution is 5.54. The molecule has 1 unspecified atom stereocenters. The first-order valence-corrected chi connectivity index (χ1v) is 5.90. The van der Waals surface area contributed by atoms with Gasteiger partial charge >= 0.3 is 5.69 Å². The second-order valence-corrected chi connectivity index (χ2v) is 4.81. The highest BCUT2D eigenvalue weighted by atomic mass is 16.6. The van der Waals surface area contributed by atoms with Gasteiger partial charge in [0.1, 0.15) is 0 Å². The maximum Gasteiger partial charge on any atom is 0.310 e. The van der Waals surface area contributed by atoms with Gasteiger partial charge in [-0.15, -0.1) is 0 Å². The van der Waals surface area contributed by atoms with Crippen molar-refractivity contribution in [3.63, 3.8) is 0 Å². The zero-order valence-corrected chi connectivity index (χ0v) is 9.35. The second kappa shape index (κ2) is 3.70. The molecular weight excluding hydrogens is 220 g/mol. The number of nitro benzene ring substituents is 1. The fraction of sp³-hybridized carbons (Fsp3) is 0.500. The van der Waals surface area contributed by atoms with E-state index in [9.17, 15) is 15.2 Å². The largest absolute Gasteiger partial charge is 0.502 e. The molecule has 1 heterocycles. The Bertz CT molecular complexity index is 487. The summed E-state index contributed by atoms with van der Waals surface area (Å²) >= 11 is 0. The molecule has 2 aliphatic rings. The topological polar surface area (TPSA) is 75.4 Å². The molecule has 1 aromatic carbocycles. The van der Waals surface area contributed by atoms with Crippen molar-refractivity contribution in [3.8, 4) is 5.75 Å². The van der Waals surface area contributed by atoms with Gasteiger partial charge in [0.05, 0.1) is 4.92 Å². The van der Waals surface area contributed by atoms with Crippen molar-refractivity contribution >= 4 is 5.69 Å². The third-order valence-corrected chi connectivity index (χ3v) is 3.86. The summed E-state index contributed by atoms with van der Waals surface area (Å²) in [4.78, 5) is 10.2. The molecule has 90 valence electrons. The van der Waals surface area contributed by atoms with Crippen LogP contribution >= 0.6 is 0 Å². The van der Waals surface area contributed by atoms with Gasteiger partial charge in [-0.05, 0) is 43.0 Å². The van der Waals surface area contributed by atoms with Gasteiger partial charge in [-0.25, -0.2) is 0 Å². The molecule has 0 bridgehead atoms. The average Bonchev–Trinajstić information content (AvgIpc) is 2.65. The zero-order chi connectivity index (χ0) is 12.0. The number of nitrogens with zero attached hydrogens (tertiary/aromatic N) is 1. The summed E-state index contributed by atoms with van der Waals surface area (Å²) in [6.45, 7) is 1.02. The Morgan fingerprint density at radius 1 is 1.47 bits per heavy atom. The molecule has 17 heavy (non-hydrogen) atoms. The number of piperidine rings is 1. The highest BCUT2D eigenvalue weighted by Crippen LogP contribution is 2.42. The minimum Gasteiger partial charge on any atom is -0.502 e. The van der Waals surface area contributed by atoms with Gasteiger partial charge < -0.3 is 10.4 Å². The number of phenols is 1. The van der Waals surface area contributed by atoms with Crippen molar-refractivity contribution in [1.82, 2.24) is 5.32 Å². The van der Waals surface area contributed by atoms with Crippen molar-refractivity contribution in [3.05, 3.63) is 33.4 Å². The van der Waals surface area contributed by atoms with E-state index in [-0.39, 0.29) is 11.4 Å². The summed E-state index contributed by atoms with van der Waals surface area (Å²) in [7, 11) is 0. The third-order valence-electron chi connectivity index (χ3n) is 3.86. The molecule has 2 N–H and O–H groups in total. The number of phenolic OH excluding ortho intramolecular Hbond substituents is 1. The zero-order valence-electron chi connectivity index (χ0n) is 9.35. The van der Waals surface area contributed by atoms with Crippen LogP contribution in [0, 0.1) is 10.1 Å². The van der Waals surface area contributed by atoms with E-state index in [0.29, 0.717) is 12.0 Å². The van der Waals surface area contributed by atoms with Gasteiger partial charge in [-0.3, -0.25) is 10.1 Å². The van der Waals surface area contributed by atoms with E-state index < -0.39 is 4.92 Å². The molecule has 3 rings (SSSR count).